The molecule has 0 amide bonds. The molecule has 0 spiro atoms. The lowest BCUT2D eigenvalue weighted by molar-refractivity contribution is 0.0969. The van der Waals surface area contributed by atoms with Gasteiger partial charge >= 0.3 is 0 Å². The molecular weight excluding hydrogens is 287 g/mol. The van der Waals surface area contributed by atoms with Crippen LogP contribution in [0.3, 0.4) is 0 Å². The van der Waals surface area contributed by atoms with E-state index in [1.54, 1.807) is 6.07 Å². The molecule has 0 saturated carbocycles. The number of carbonyl (C=O) groups excluding carboxylic acids is 1. The van der Waals surface area contributed by atoms with Crippen molar-refractivity contribution in [2.24, 2.45) is 0 Å². The van der Waals surface area contributed by atoms with Gasteiger partial charge in [0.15, 0.2) is 5.78 Å². The van der Waals surface area contributed by atoms with Gasteiger partial charge in [-0.1, -0.05) is 0 Å². The summed E-state index contributed by atoms with van der Waals surface area (Å²) in [7, 11) is 0. The van der Waals surface area contributed by atoms with Gasteiger partial charge in [0.05, 0.1) is 17.2 Å². The number of Topliss-reactive ketones (excluding diaryl/α,β-unsaturated/α-hetero) is 1. The van der Waals surface area contributed by atoms with Crippen molar-refractivity contribution in [1.82, 2.24) is 4.57 Å². The first-order valence-electron chi connectivity index (χ1n) is 6.66. The fraction of sp³-hybridized carbons (Fsp3) is 0.250. The van der Waals surface area contributed by atoms with Crippen molar-refractivity contribution < 1.29 is 9.18 Å². The van der Waals surface area contributed by atoms with Crippen LogP contribution in [0, 0.1) is 17.1 Å². The maximum atomic E-state index is 13.7. The second-order valence-corrected chi connectivity index (χ2v) is 5.82. The Morgan fingerprint density at radius 2 is 2.14 bits per heavy atom. The van der Waals surface area contributed by atoms with E-state index in [1.165, 1.54) is 23.9 Å². The van der Waals surface area contributed by atoms with E-state index in [0.29, 0.717) is 12.1 Å². The number of nitriles is 1. The minimum atomic E-state index is -0.445. The first-order chi connectivity index (χ1) is 10.1. The maximum Gasteiger partial charge on any atom is 0.165 e. The zero-order valence-corrected chi connectivity index (χ0v) is 12.3. The molecule has 106 valence electrons. The average molecular weight is 300 g/mol. The summed E-state index contributed by atoms with van der Waals surface area (Å²) in [5.41, 5.74) is 2.56. The fourth-order valence-electron chi connectivity index (χ4n) is 2.77. The van der Waals surface area contributed by atoms with Crippen LogP contribution in [0.1, 0.15) is 34.5 Å². The van der Waals surface area contributed by atoms with Crippen molar-refractivity contribution in [2.45, 2.75) is 24.2 Å². The molecule has 1 aromatic carbocycles. The van der Waals surface area contributed by atoms with E-state index in [1.807, 2.05) is 23.1 Å². The van der Waals surface area contributed by atoms with Crippen LogP contribution in [0.15, 0.2) is 29.3 Å². The molecule has 1 aliphatic carbocycles. The van der Waals surface area contributed by atoms with Gasteiger partial charge in [-0.2, -0.15) is 5.26 Å². The molecule has 5 heteroatoms. The number of hydrogen-bond acceptors (Lipinski definition) is 3. The van der Waals surface area contributed by atoms with Gasteiger partial charge in [0.2, 0.25) is 0 Å². The standard InChI is InChI=1S/C16H13FN2OS/c1-21-15-9-19(13-3-2-4-14(20)16(13)15)12-6-10(8-18)5-11(17)7-12/h5-7,9H,2-4H2,1H3. The van der Waals surface area contributed by atoms with Gasteiger partial charge in [0.25, 0.3) is 0 Å². The SMILES string of the molecule is CSc1cn(-c2cc(F)cc(C#N)c2)c2c1C(=O)CCC2. The number of halogens is 1. The van der Waals surface area contributed by atoms with Crippen molar-refractivity contribution in [2.75, 3.05) is 6.26 Å². The number of aromatic nitrogens is 1. The quantitative estimate of drug-likeness (QED) is 0.794. The van der Waals surface area contributed by atoms with Crippen LogP contribution >= 0.6 is 11.8 Å². The third-order valence-electron chi connectivity index (χ3n) is 3.68. The van der Waals surface area contributed by atoms with Gasteiger partial charge in [-0.25, -0.2) is 4.39 Å². The minimum Gasteiger partial charge on any atom is -0.319 e. The fourth-order valence-corrected chi connectivity index (χ4v) is 3.42. The topological polar surface area (TPSA) is 45.8 Å². The van der Waals surface area contributed by atoms with Crippen LogP contribution in [-0.4, -0.2) is 16.6 Å². The van der Waals surface area contributed by atoms with E-state index >= 15 is 0 Å². The molecule has 0 aliphatic heterocycles. The molecule has 0 radical (unpaired) electrons. The lowest BCUT2D eigenvalue weighted by Gasteiger charge is -2.15. The van der Waals surface area contributed by atoms with Crippen molar-refractivity contribution in [3.8, 4) is 11.8 Å². The summed E-state index contributed by atoms with van der Waals surface area (Å²) in [6, 6.07) is 6.21. The average Bonchev–Trinajstić information content (AvgIpc) is 2.86. The van der Waals surface area contributed by atoms with Crippen molar-refractivity contribution >= 4 is 17.5 Å². The molecule has 1 heterocycles. The van der Waals surface area contributed by atoms with Crippen LogP contribution in [0.25, 0.3) is 5.69 Å². The summed E-state index contributed by atoms with van der Waals surface area (Å²) >= 11 is 1.52. The van der Waals surface area contributed by atoms with E-state index in [0.717, 1.165) is 29.0 Å². The number of nitrogens with zero attached hydrogens (tertiary/aromatic N) is 2. The highest BCUT2D eigenvalue weighted by Crippen LogP contribution is 2.34. The molecule has 21 heavy (non-hydrogen) atoms. The molecule has 0 N–H and O–H groups in total. The molecule has 0 bridgehead atoms. The third kappa shape index (κ3) is 2.36. The number of ketones is 1. The Morgan fingerprint density at radius 3 is 2.86 bits per heavy atom. The highest BCUT2D eigenvalue weighted by molar-refractivity contribution is 7.98. The molecule has 2 aromatic rings. The maximum absolute atomic E-state index is 13.7. The second kappa shape index (κ2) is 5.38. The van der Waals surface area contributed by atoms with Gasteiger partial charge in [0, 0.05) is 28.9 Å². The molecule has 0 fully saturated rings. The smallest absolute Gasteiger partial charge is 0.165 e. The third-order valence-corrected chi connectivity index (χ3v) is 4.43. The number of hydrogen-bond donors (Lipinski definition) is 0. The van der Waals surface area contributed by atoms with E-state index in [4.69, 9.17) is 5.26 Å². The van der Waals surface area contributed by atoms with Crippen LogP contribution in [-0.2, 0) is 6.42 Å². The Bertz CT molecular complexity index is 773. The molecule has 3 rings (SSSR count). The molecule has 1 aliphatic rings. The van der Waals surface area contributed by atoms with Crippen molar-refractivity contribution in [3.63, 3.8) is 0 Å². The number of rotatable bonds is 2. The van der Waals surface area contributed by atoms with Gasteiger partial charge in [0.1, 0.15) is 5.82 Å². The number of fused-ring (bicyclic) bond motifs is 1. The predicted octanol–water partition coefficient (Wildman–Crippen LogP) is 3.73. The summed E-state index contributed by atoms with van der Waals surface area (Å²) in [6.45, 7) is 0. The Hall–Kier alpha value is -2.06. The Kier molecular flexibility index (Phi) is 3.56. The number of thioether (sulfide) groups is 1. The molecule has 0 atom stereocenters. The number of benzene rings is 1. The minimum absolute atomic E-state index is 0.149. The van der Waals surface area contributed by atoms with Crippen LogP contribution < -0.4 is 0 Å². The molecule has 1 aromatic heterocycles. The summed E-state index contributed by atoms with van der Waals surface area (Å²) in [4.78, 5) is 13.1. The van der Waals surface area contributed by atoms with E-state index in [-0.39, 0.29) is 11.3 Å². The van der Waals surface area contributed by atoms with Crippen molar-refractivity contribution in [1.29, 1.82) is 5.26 Å². The summed E-state index contributed by atoms with van der Waals surface area (Å²) < 4.78 is 15.5. The second-order valence-electron chi connectivity index (χ2n) is 4.98. The summed E-state index contributed by atoms with van der Waals surface area (Å²) in [5, 5.41) is 8.98. The number of carbonyl (C=O) groups is 1. The van der Waals surface area contributed by atoms with Gasteiger partial charge in [-0.05, 0) is 37.3 Å². The Morgan fingerprint density at radius 1 is 1.33 bits per heavy atom. The first-order valence-corrected chi connectivity index (χ1v) is 7.89. The van der Waals surface area contributed by atoms with Gasteiger partial charge in [-0.3, -0.25) is 4.79 Å². The molecule has 3 nitrogen and oxygen atoms in total. The monoisotopic (exact) mass is 300 g/mol. The Balaban J connectivity index is 2.22. The highest BCUT2D eigenvalue weighted by Gasteiger charge is 2.25. The van der Waals surface area contributed by atoms with Gasteiger partial charge in [-0.15, -0.1) is 11.8 Å². The molecular formula is C16H13FN2OS. The van der Waals surface area contributed by atoms with E-state index < -0.39 is 5.82 Å². The predicted molar refractivity (Wildman–Crippen MR) is 79.5 cm³/mol. The van der Waals surface area contributed by atoms with E-state index in [9.17, 15) is 9.18 Å². The molecule has 0 unspecified atom stereocenters. The largest absolute Gasteiger partial charge is 0.319 e. The zero-order chi connectivity index (χ0) is 15.0. The van der Waals surface area contributed by atoms with Crippen molar-refractivity contribution in [3.05, 3.63) is 47.0 Å². The lowest BCUT2D eigenvalue weighted by Crippen LogP contribution is -2.13. The van der Waals surface area contributed by atoms with Gasteiger partial charge < -0.3 is 4.57 Å². The van der Waals surface area contributed by atoms with Crippen LogP contribution in [0.5, 0.6) is 0 Å². The van der Waals surface area contributed by atoms with E-state index in [2.05, 4.69) is 0 Å². The normalized spacial score (nSPS) is 13.9. The van der Waals surface area contributed by atoms with Crippen LogP contribution in [0.4, 0.5) is 4.39 Å². The summed E-state index contributed by atoms with van der Waals surface area (Å²) in [6.07, 6.45) is 5.96. The summed E-state index contributed by atoms with van der Waals surface area (Å²) in [5.74, 6) is -0.296. The zero-order valence-electron chi connectivity index (χ0n) is 11.5. The molecule has 0 saturated heterocycles. The lowest BCUT2D eigenvalue weighted by atomic mass is 9.96. The Labute approximate surface area is 126 Å². The van der Waals surface area contributed by atoms with Crippen LogP contribution in [0.2, 0.25) is 0 Å². The first kappa shape index (κ1) is 13.9. The highest BCUT2D eigenvalue weighted by atomic mass is 32.2.